The molecule has 136 valence electrons. The van der Waals surface area contributed by atoms with E-state index in [4.69, 9.17) is 4.74 Å². The molecule has 2 aromatic heterocycles. The van der Waals surface area contributed by atoms with Crippen molar-refractivity contribution in [3.8, 4) is 17.0 Å². The molecule has 4 aromatic rings. The molecule has 1 atom stereocenters. The number of benzene rings is 2. The number of hydrogen-bond donors (Lipinski definition) is 3. The smallest absolute Gasteiger partial charge is 0.269 e. The SMILES string of the molecule is COc1ccccc1-c1cc(C(=O)NC(C)c2nc3ccccc3[nH]2)[nH]n1. The number of amides is 1. The Balaban J connectivity index is 1.52. The van der Waals surface area contributed by atoms with E-state index >= 15 is 0 Å². The van der Waals surface area contributed by atoms with Crippen LogP contribution in [0.2, 0.25) is 0 Å². The summed E-state index contributed by atoms with van der Waals surface area (Å²) < 4.78 is 5.35. The Hall–Kier alpha value is -3.61. The second-order valence-electron chi connectivity index (χ2n) is 6.20. The monoisotopic (exact) mass is 361 g/mol. The van der Waals surface area contributed by atoms with Gasteiger partial charge in [-0.2, -0.15) is 5.10 Å². The molecule has 0 aliphatic rings. The quantitative estimate of drug-likeness (QED) is 0.507. The molecule has 0 aliphatic heterocycles. The van der Waals surface area contributed by atoms with E-state index < -0.39 is 0 Å². The van der Waals surface area contributed by atoms with Crippen LogP contribution in [0.4, 0.5) is 0 Å². The van der Waals surface area contributed by atoms with Gasteiger partial charge in [0.15, 0.2) is 0 Å². The van der Waals surface area contributed by atoms with Gasteiger partial charge in [0, 0.05) is 5.56 Å². The summed E-state index contributed by atoms with van der Waals surface area (Å²) >= 11 is 0. The normalized spacial score (nSPS) is 12.1. The van der Waals surface area contributed by atoms with E-state index in [0.717, 1.165) is 16.6 Å². The van der Waals surface area contributed by atoms with Crippen molar-refractivity contribution in [3.63, 3.8) is 0 Å². The molecular formula is C20H19N5O2. The predicted octanol–water partition coefficient (Wildman–Crippen LogP) is 3.45. The first kappa shape index (κ1) is 16.8. The largest absolute Gasteiger partial charge is 0.496 e. The van der Waals surface area contributed by atoms with Gasteiger partial charge in [-0.1, -0.05) is 24.3 Å². The fourth-order valence-electron chi connectivity index (χ4n) is 2.95. The highest BCUT2D eigenvalue weighted by molar-refractivity contribution is 5.93. The summed E-state index contributed by atoms with van der Waals surface area (Å²) in [7, 11) is 1.61. The minimum atomic E-state index is -0.275. The second-order valence-corrected chi connectivity index (χ2v) is 6.20. The lowest BCUT2D eigenvalue weighted by Crippen LogP contribution is -2.27. The summed E-state index contributed by atoms with van der Waals surface area (Å²) in [5, 5.41) is 9.96. The molecule has 7 nitrogen and oxygen atoms in total. The van der Waals surface area contributed by atoms with Crippen LogP contribution < -0.4 is 10.1 Å². The summed E-state index contributed by atoms with van der Waals surface area (Å²) in [4.78, 5) is 20.3. The molecule has 0 bridgehead atoms. The number of H-pyrrole nitrogens is 2. The molecule has 0 radical (unpaired) electrons. The number of carbonyl (C=O) groups is 1. The van der Waals surface area contributed by atoms with Gasteiger partial charge in [-0.05, 0) is 37.3 Å². The summed E-state index contributed by atoms with van der Waals surface area (Å²) in [5.41, 5.74) is 3.65. The molecule has 27 heavy (non-hydrogen) atoms. The number of hydrogen-bond acceptors (Lipinski definition) is 4. The number of carbonyl (C=O) groups excluding carboxylic acids is 1. The van der Waals surface area contributed by atoms with Gasteiger partial charge in [0.05, 0.1) is 29.9 Å². The molecule has 2 aromatic carbocycles. The zero-order chi connectivity index (χ0) is 18.8. The van der Waals surface area contributed by atoms with Gasteiger partial charge in [-0.3, -0.25) is 9.89 Å². The third-order valence-electron chi connectivity index (χ3n) is 4.37. The number of para-hydroxylation sites is 3. The van der Waals surface area contributed by atoms with Gasteiger partial charge in [-0.25, -0.2) is 4.98 Å². The fraction of sp³-hybridized carbons (Fsp3) is 0.150. The van der Waals surface area contributed by atoms with Crippen LogP contribution in [0.5, 0.6) is 5.75 Å². The molecule has 0 spiro atoms. The van der Waals surface area contributed by atoms with Gasteiger partial charge >= 0.3 is 0 Å². The molecule has 1 unspecified atom stereocenters. The van der Waals surface area contributed by atoms with Crippen molar-refractivity contribution in [1.29, 1.82) is 0 Å². The van der Waals surface area contributed by atoms with E-state index in [0.29, 0.717) is 23.0 Å². The minimum Gasteiger partial charge on any atom is -0.496 e. The predicted molar refractivity (Wildman–Crippen MR) is 103 cm³/mol. The van der Waals surface area contributed by atoms with Crippen molar-refractivity contribution in [2.75, 3.05) is 7.11 Å². The maximum absolute atomic E-state index is 12.6. The first-order valence-electron chi connectivity index (χ1n) is 8.60. The summed E-state index contributed by atoms with van der Waals surface area (Å²) in [6, 6.07) is 16.7. The fourth-order valence-corrected chi connectivity index (χ4v) is 2.95. The van der Waals surface area contributed by atoms with Crippen molar-refractivity contribution in [2.45, 2.75) is 13.0 Å². The molecule has 0 saturated carbocycles. The Labute approximate surface area is 155 Å². The van der Waals surface area contributed by atoms with Crippen LogP contribution in [0.3, 0.4) is 0 Å². The number of methoxy groups -OCH3 is 1. The molecule has 4 rings (SSSR count). The lowest BCUT2D eigenvalue weighted by Gasteiger charge is -2.10. The first-order valence-corrected chi connectivity index (χ1v) is 8.60. The van der Waals surface area contributed by atoms with Crippen molar-refractivity contribution in [1.82, 2.24) is 25.5 Å². The minimum absolute atomic E-state index is 0.253. The number of aromatic nitrogens is 4. The van der Waals surface area contributed by atoms with Crippen LogP contribution in [0.1, 0.15) is 29.3 Å². The molecule has 0 saturated heterocycles. The van der Waals surface area contributed by atoms with Gasteiger partial charge < -0.3 is 15.0 Å². The Kier molecular flexibility index (Phi) is 4.33. The highest BCUT2D eigenvalue weighted by atomic mass is 16.5. The maximum Gasteiger partial charge on any atom is 0.269 e. The summed E-state index contributed by atoms with van der Waals surface area (Å²) in [6.45, 7) is 1.88. The van der Waals surface area contributed by atoms with E-state index in [2.05, 4.69) is 25.5 Å². The standard InChI is InChI=1S/C20H19N5O2/c1-12(19-22-14-8-4-5-9-15(14)23-19)21-20(26)17-11-16(24-25-17)13-7-3-6-10-18(13)27-2/h3-12H,1-2H3,(H,21,26)(H,22,23)(H,24,25). The van der Waals surface area contributed by atoms with E-state index in [1.165, 1.54) is 0 Å². The average Bonchev–Trinajstić information content (AvgIpc) is 3.35. The van der Waals surface area contributed by atoms with Gasteiger partial charge in [0.2, 0.25) is 0 Å². The lowest BCUT2D eigenvalue weighted by molar-refractivity contribution is 0.0933. The van der Waals surface area contributed by atoms with Crippen LogP contribution >= 0.6 is 0 Å². The molecule has 2 heterocycles. The lowest BCUT2D eigenvalue weighted by atomic mass is 10.1. The Bertz CT molecular complexity index is 1070. The zero-order valence-corrected chi connectivity index (χ0v) is 15.0. The van der Waals surface area contributed by atoms with E-state index in [1.807, 2.05) is 55.5 Å². The Morgan fingerprint density at radius 2 is 1.93 bits per heavy atom. The van der Waals surface area contributed by atoms with Gasteiger partial charge in [0.25, 0.3) is 5.91 Å². The summed E-state index contributed by atoms with van der Waals surface area (Å²) in [6.07, 6.45) is 0. The number of rotatable bonds is 5. The number of aromatic amines is 2. The van der Waals surface area contributed by atoms with Crippen molar-refractivity contribution in [2.24, 2.45) is 0 Å². The number of nitrogens with zero attached hydrogens (tertiary/aromatic N) is 2. The van der Waals surface area contributed by atoms with Gasteiger partial charge in [-0.15, -0.1) is 0 Å². The van der Waals surface area contributed by atoms with Gasteiger partial charge in [0.1, 0.15) is 17.3 Å². The van der Waals surface area contributed by atoms with Crippen LogP contribution in [0.15, 0.2) is 54.6 Å². The first-order chi connectivity index (χ1) is 13.2. The highest BCUT2D eigenvalue weighted by Gasteiger charge is 2.18. The van der Waals surface area contributed by atoms with Crippen LogP contribution in [0.25, 0.3) is 22.3 Å². The number of imidazole rings is 1. The third kappa shape index (κ3) is 3.27. The molecule has 3 N–H and O–H groups in total. The second kappa shape index (κ2) is 6.95. The third-order valence-corrected chi connectivity index (χ3v) is 4.37. The number of fused-ring (bicyclic) bond motifs is 1. The molecule has 7 heteroatoms. The van der Waals surface area contributed by atoms with Crippen molar-refractivity contribution in [3.05, 3.63) is 66.1 Å². The summed E-state index contributed by atoms with van der Waals surface area (Å²) in [5.74, 6) is 1.15. The number of nitrogens with one attached hydrogen (secondary N) is 3. The molecule has 0 fully saturated rings. The highest BCUT2D eigenvalue weighted by Crippen LogP contribution is 2.28. The van der Waals surface area contributed by atoms with E-state index in [9.17, 15) is 4.79 Å². The molecular weight excluding hydrogens is 342 g/mol. The van der Waals surface area contributed by atoms with Crippen LogP contribution in [-0.4, -0.2) is 33.2 Å². The Morgan fingerprint density at radius 1 is 1.15 bits per heavy atom. The molecule has 0 aliphatic carbocycles. The van der Waals surface area contributed by atoms with Crippen molar-refractivity contribution >= 4 is 16.9 Å². The maximum atomic E-state index is 12.6. The molecule has 1 amide bonds. The zero-order valence-electron chi connectivity index (χ0n) is 15.0. The topological polar surface area (TPSA) is 95.7 Å². The van der Waals surface area contributed by atoms with Crippen molar-refractivity contribution < 1.29 is 9.53 Å². The van der Waals surface area contributed by atoms with E-state index in [-0.39, 0.29) is 11.9 Å². The van der Waals surface area contributed by atoms with Crippen LogP contribution in [0, 0.1) is 0 Å². The van der Waals surface area contributed by atoms with E-state index in [1.54, 1.807) is 13.2 Å². The average molecular weight is 361 g/mol. The Morgan fingerprint density at radius 3 is 2.74 bits per heavy atom. The van der Waals surface area contributed by atoms with Crippen LogP contribution in [-0.2, 0) is 0 Å². The number of ether oxygens (including phenoxy) is 1.